The van der Waals surface area contributed by atoms with E-state index in [1.807, 2.05) is 29.3 Å². The molecule has 2 aromatic carbocycles. The fourth-order valence-electron chi connectivity index (χ4n) is 5.68. The molecule has 4 bridgehead atoms. The average molecular weight is 546 g/mol. The number of benzene rings is 2. The molecule has 3 aliphatic rings. The number of ether oxygens (including phenoxy) is 3. The first-order chi connectivity index (χ1) is 19.6. The van der Waals surface area contributed by atoms with Gasteiger partial charge in [-0.15, -0.1) is 0 Å². The first-order valence-corrected chi connectivity index (χ1v) is 13.9. The number of aromatic nitrogens is 2. The molecule has 0 radical (unpaired) electrons. The standard InChI is InChI=1S/C30H35N5O5/c1-38-26-4-2-23-17-27(26)40-13-10-34(29(37)18-24-3-5-28(36)32-24)20-22-14-21(19-33-8-11-39-12-9-33)15-25(16-22)35-7-6-31-30(23)35/h2,4,6-7,14-17,24H,3,5,8-13,18-20H2,1H3,(H,32,36)/t24-/m0/s1. The highest BCUT2D eigenvalue weighted by Gasteiger charge is 2.26. The number of nitrogens with zero attached hydrogens (tertiary/aromatic N) is 4. The molecule has 0 saturated carbocycles. The molecule has 1 N–H and O–H groups in total. The van der Waals surface area contributed by atoms with Crippen molar-refractivity contribution in [2.45, 2.75) is 38.4 Å². The van der Waals surface area contributed by atoms with Crippen LogP contribution in [-0.2, 0) is 27.4 Å². The monoisotopic (exact) mass is 545 g/mol. The van der Waals surface area contributed by atoms with E-state index in [4.69, 9.17) is 14.2 Å². The van der Waals surface area contributed by atoms with Crippen LogP contribution in [0.15, 0.2) is 48.8 Å². The molecule has 4 heterocycles. The highest BCUT2D eigenvalue weighted by molar-refractivity contribution is 5.82. The van der Waals surface area contributed by atoms with Crippen molar-refractivity contribution in [1.29, 1.82) is 0 Å². The van der Waals surface area contributed by atoms with Gasteiger partial charge in [0, 0.05) is 68.7 Å². The molecule has 40 heavy (non-hydrogen) atoms. The third-order valence-corrected chi connectivity index (χ3v) is 7.74. The molecular weight excluding hydrogens is 510 g/mol. The second-order valence-electron chi connectivity index (χ2n) is 10.6. The van der Waals surface area contributed by atoms with Gasteiger partial charge < -0.3 is 24.4 Å². The Labute approximate surface area is 233 Å². The maximum Gasteiger partial charge on any atom is 0.225 e. The smallest absolute Gasteiger partial charge is 0.225 e. The van der Waals surface area contributed by atoms with Crippen LogP contribution in [0.5, 0.6) is 11.5 Å². The quantitative estimate of drug-likeness (QED) is 0.527. The number of fused-ring (bicyclic) bond motifs is 7. The van der Waals surface area contributed by atoms with E-state index >= 15 is 0 Å². The molecule has 1 aromatic heterocycles. The van der Waals surface area contributed by atoms with Crippen molar-refractivity contribution < 1.29 is 23.8 Å². The fourth-order valence-corrected chi connectivity index (χ4v) is 5.68. The summed E-state index contributed by atoms with van der Waals surface area (Å²) in [5.74, 6) is 2.02. The molecule has 10 heteroatoms. The number of hydrogen-bond donors (Lipinski definition) is 1. The molecule has 0 spiro atoms. The number of amides is 2. The fraction of sp³-hybridized carbons (Fsp3) is 0.433. The van der Waals surface area contributed by atoms with E-state index in [0.717, 1.165) is 55.5 Å². The summed E-state index contributed by atoms with van der Waals surface area (Å²) in [7, 11) is 1.61. The lowest BCUT2D eigenvalue weighted by Gasteiger charge is -2.28. The summed E-state index contributed by atoms with van der Waals surface area (Å²) in [6.07, 6.45) is 5.18. The molecule has 3 aromatic rings. The van der Waals surface area contributed by atoms with Gasteiger partial charge >= 0.3 is 0 Å². The Balaban J connectivity index is 1.38. The normalized spacial score (nSPS) is 19.5. The van der Waals surface area contributed by atoms with E-state index in [1.165, 1.54) is 5.56 Å². The van der Waals surface area contributed by atoms with Crippen molar-refractivity contribution in [2.24, 2.45) is 0 Å². The second-order valence-corrected chi connectivity index (χ2v) is 10.6. The lowest BCUT2D eigenvalue weighted by atomic mass is 10.1. The van der Waals surface area contributed by atoms with Crippen LogP contribution in [0.4, 0.5) is 0 Å². The van der Waals surface area contributed by atoms with Crippen molar-refractivity contribution in [3.05, 3.63) is 59.9 Å². The average Bonchev–Trinajstić information content (AvgIpc) is 3.61. The first kappa shape index (κ1) is 26.3. The number of rotatable bonds is 5. The summed E-state index contributed by atoms with van der Waals surface area (Å²) in [5.41, 5.74) is 4.10. The summed E-state index contributed by atoms with van der Waals surface area (Å²) in [6, 6.07) is 12.2. The summed E-state index contributed by atoms with van der Waals surface area (Å²) >= 11 is 0. The molecule has 1 atom stereocenters. The Morgan fingerprint density at radius 3 is 2.80 bits per heavy atom. The lowest BCUT2D eigenvalue weighted by Crippen LogP contribution is -2.38. The zero-order valence-electron chi connectivity index (χ0n) is 22.8. The molecule has 6 rings (SSSR count). The minimum Gasteiger partial charge on any atom is -0.493 e. The van der Waals surface area contributed by atoms with Gasteiger partial charge in [-0.05, 0) is 47.9 Å². The van der Waals surface area contributed by atoms with Gasteiger partial charge in [0.1, 0.15) is 12.4 Å². The molecule has 210 valence electrons. The van der Waals surface area contributed by atoms with Gasteiger partial charge in [0.05, 0.1) is 26.9 Å². The van der Waals surface area contributed by atoms with Gasteiger partial charge in [0.2, 0.25) is 11.8 Å². The van der Waals surface area contributed by atoms with Crippen molar-refractivity contribution in [2.75, 3.05) is 46.6 Å². The zero-order chi connectivity index (χ0) is 27.5. The van der Waals surface area contributed by atoms with Crippen molar-refractivity contribution in [3.63, 3.8) is 0 Å². The Kier molecular flexibility index (Phi) is 7.70. The third kappa shape index (κ3) is 5.83. The Hall–Kier alpha value is -3.89. The Bertz CT molecular complexity index is 1380. The molecule has 0 unspecified atom stereocenters. The van der Waals surface area contributed by atoms with Crippen LogP contribution in [0.2, 0.25) is 0 Å². The second kappa shape index (κ2) is 11.7. The highest BCUT2D eigenvalue weighted by atomic mass is 16.5. The van der Waals surface area contributed by atoms with Crippen LogP contribution in [0.25, 0.3) is 17.1 Å². The van der Waals surface area contributed by atoms with Crippen LogP contribution < -0.4 is 14.8 Å². The summed E-state index contributed by atoms with van der Waals surface area (Å²) in [6.45, 7) is 5.19. The number of nitrogens with one attached hydrogen (secondary N) is 1. The topological polar surface area (TPSA) is 98.2 Å². The van der Waals surface area contributed by atoms with Gasteiger partial charge in [0.25, 0.3) is 0 Å². The Morgan fingerprint density at radius 2 is 2.00 bits per heavy atom. The minimum absolute atomic E-state index is 0.00478. The van der Waals surface area contributed by atoms with Crippen LogP contribution in [0, 0.1) is 0 Å². The van der Waals surface area contributed by atoms with Gasteiger partial charge in [0.15, 0.2) is 11.5 Å². The largest absolute Gasteiger partial charge is 0.493 e. The molecular formula is C30H35N5O5. The van der Waals surface area contributed by atoms with E-state index < -0.39 is 0 Å². The summed E-state index contributed by atoms with van der Waals surface area (Å²) in [5, 5.41) is 2.93. The van der Waals surface area contributed by atoms with Gasteiger partial charge in [-0.3, -0.25) is 19.1 Å². The molecule has 2 fully saturated rings. The molecule has 2 amide bonds. The van der Waals surface area contributed by atoms with E-state index in [2.05, 4.69) is 38.0 Å². The predicted octanol–water partition coefficient (Wildman–Crippen LogP) is 2.77. The van der Waals surface area contributed by atoms with Crippen molar-refractivity contribution >= 4 is 11.8 Å². The third-order valence-electron chi connectivity index (χ3n) is 7.74. The first-order valence-electron chi connectivity index (χ1n) is 13.9. The van der Waals surface area contributed by atoms with Crippen LogP contribution >= 0.6 is 0 Å². The van der Waals surface area contributed by atoms with Gasteiger partial charge in [-0.2, -0.15) is 0 Å². The van der Waals surface area contributed by atoms with Crippen LogP contribution in [-0.4, -0.2) is 83.8 Å². The summed E-state index contributed by atoms with van der Waals surface area (Å²) in [4.78, 5) is 34.2. The van der Waals surface area contributed by atoms with Gasteiger partial charge in [-0.25, -0.2) is 4.98 Å². The van der Waals surface area contributed by atoms with Crippen LogP contribution in [0.3, 0.4) is 0 Å². The van der Waals surface area contributed by atoms with Crippen LogP contribution in [0.1, 0.15) is 30.4 Å². The van der Waals surface area contributed by atoms with E-state index in [9.17, 15) is 9.59 Å². The maximum absolute atomic E-state index is 13.6. The van der Waals surface area contributed by atoms with E-state index in [-0.39, 0.29) is 24.3 Å². The summed E-state index contributed by atoms with van der Waals surface area (Å²) < 4.78 is 19.4. The maximum atomic E-state index is 13.6. The number of carbonyl (C=O) groups excluding carboxylic acids is 2. The predicted molar refractivity (Wildman–Crippen MR) is 148 cm³/mol. The van der Waals surface area contributed by atoms with E-state index in [0.29, 0.717) is 44.0 Å². The van der Waals surface area contributed by atoms with Gasteiger partial charge in [-0.1, -0.05) is 6.07 Å². The number of imidazole rings is 1. The minimum atomic E-state index is -0.126. The number of hydrogen-bond acceptors (Lipinski definition) is 7. The number of morpholine rings is 1. The lowest BCUT2D eigenvalue weighted by molar-refractivity contribution is -0.132. The highest BCUT2D eigenvalue weighted by Crippen LogP contribution is 2.33. The molecule has 2 saturated heterocycles. The zero-order valence-corrected chi connectivity index (χ0v) is 22.8. The van der Waals surface area contributed by atoms with Crippen molar-refractivity contribution in [3.8, 4) is 28.6 Å². The molecule has 10 nitrogen and oxygen atoms in total. The van der Waals surface area contributed by atoms with E-state index in [1.54, 1.807) is 13.3 Å². The number of methoxy groups -OCH3 is 1. The number of carbonyl (C=O) groups is 2. The Morgan fingerprint density at radius 1 is 1.12 bits per heavy atom. The molecule has 3 aliphatic heterocycles. The SMILES string of the molecule is COc1ccc2cc1OCCN(C(=O)C[C@@H]1CCC(=O)N1)Cc1cc(CN3CCOCC3)cc(c1)-n1ccnc1-2. The van der Waals surface area contributed by atoms with Crippen molar-refractivity contribution in [1.82, 2.24) is 24.7 Å². The molecule has 0 aliphatic carbocycles.